The van der Waals surface area contributed by atoms with Gasteiger partial charge in [0.2, 0.25) is 0 Å². The average molecular weight is 391 g/mol. The van der Waals surface area contributed by atoms with E-state index in [0.29, 0.717) is 0 Å². The lowest BCUT2D eigenvalue weighted by Crippen LogP contribution is -1.97. The third kappa shape index (κ3) is 8.02. The van der Waals surface area contributed by atoms with E-state index in [2.05, 4.69) is 13.0 Å². The molecule has 0 saturated carbocycles. The second-order valence-corrected chi connectivity index (χ2v) is 9.03. The third-order valence-corrected chi connectivity index (χ3v) is 6.09. The van der Waals surface area contributed by atoms with Crippen LogP contribution in [0.25, 0.3) is 10.8 Å². The molecule has 2 rings (SSSR count). The zero-order valence-corrected chi connectivity index (χ0v) is 17.4. The summed E-state index contributed by atoms with van der Waals surface area (Å²) in [5.41, 5.74) is 1.23. The number of unbranched alkanes of at least 4 members (excludes halogenated alkanes) is 10. The number of aryl methyl sites for hydroxylation is 1. The molecule has 0 heterocycles. The Labute approximate surface area is 164 Å². The van der Waals surface area contributed by atoms with Gasteiger partial charge in [0.25, 0.3) is 10.1 Å². The van der Waals surface area contributed by atoms with Crippen molar-refractivity contribution < 1.29 is 13.0 Å². The maximum absolute atomic E-state index is 11.3. The summed E-state index contributed by atoms with van der Waals surface area (Å²) in [7, 11) is -4.15. The van der Waals surface area contributed by atoms with E-state index in [1.165, 1.54) is 82.3 Å². The molecule has 1 N–H and O–H groups in total. The Kier molecular flexibility index (Phi) is 9.29. The Hall–Kier alpha value is -1.39. The molecule has 4 heteroatoms. The Morgan fingerprint density at radius 2 is 1.26 bits per heavy atom. The van der Waals surface area contributed by atoms with Crippen molar-refractivity contribution in [1.29, 1.82) is 0 Å². The summed E-state index contributed by atoms with van der Waals surface area (Å²) >= 11 is 0. The lowest BCUT2D eigenvalue weighted by atomic mass is 10.0. The van der Waals surface area contributed by atoms with Gasteiger partial charge in [0.05, 0.1) is 4.90 Å². The Morgan fingerprint density at radius 1 is 0.704 bits per heavy atom. The highest BCUT2D eigenvalue weighted by Gasteiger charge is 2.09. The second kappa shape index (κ2) is 11.5. The first kappa shape index (κ1) is 21.9. The minimum Gasteiger partial charge on any atom is -0.282 e. The van der Waals surface area contributed by atoms with Gasteiger partial charge in [-0.3, -0.25) is 4.55 Å². The maximum Gasteiger partial charge on any atom is 0.294 e. The van der Waals surface area contributed by atoms with Gasteiger partial charge in [0.1, 0.15) is 0 Å². The van der Waals surface area contributed by atoms with Crippen LogP contribution in [0.1, 0.15) is 83.1 Å². The summed E-state index contributed by atoms with van der Waals surface area (Å²) in [4.78, 5) is -0.0400. The van der Waals surface area contributed by atoms with E-state index in [4.69, 9.17) is 0 Å². The van der Waals surface area contributed by atoms with Gasteiger partial charge in [-0.25, -0.2) is 0 Å². The van der Waals surface area contributed by atoms with Crippen LogP contribution in [0.3, 0.4) is 0 Å². The van der Waals surface area contributed by atoms with E-state index in [1.807, 2.05) is 12.1 Å². The normalized spacial score (nSPS) is 11.9. The lowest BCUT2D eigenvalue weighted by molar-refractivity contribution is 0.483. The zero-order chi connectivity index (χ0) is 19.5. The molecule has 0 aliphatic rings. The van der Waals surface area contributed by atoms with Gasteiger partial charge in [0.15, 0.2) is 0 Å². The number of fused-ring (bicyclic) bond motifs is 1. The van der Waals surface area contributed by atoms with Crippen molar-refractivity contribution in [2.75, 3.05) is 0 Å². The van der Waals surface area contributed by atoms with Crippen LogP contribution in [0, 0.1) is 0 Å². The molecule has 3 nitrogen and oxygen atoms in total. The van der Waals surface area contributed by atoms with Crippen molar-refractivity contribution >= 4 is 20.9 Å². The number of hydrogen-bond donors (Lipinski definition) is 1. The van der Waals surface area contributed by atoms with Crippen LogP contribution in [0.2, 0.25) is 0 Å². The van der Waals surface area contributed by atoms with Gasteiger partial charge < -0.3 is 0 Å². The fourth-order valence-corrected chi connectivity index (χ4v) is 4.10. The second-order valence-electron chi connectivity index (χ2n) is 7.60. The molecule has 0 spiro atoms. The molecule has 150 valence electrons. The highest BCUT2D eigenvalue weighted by molar-refractivity contribution is 7.85. The summed E-state index contributed by atoms with van der Waals surface area (Å²) in [5.74, 6) is 0. The van der Waals surface area contributed by atoms with Gasteiger partial charge in [-0.1, -0.05) is 95.4 Å². The zero-order valence-electron chi connectivity index (χ0n) is 16.6. The van der Waals surface area contributed by atoms with Crippen molar-refractivity contribution in [2.45, 2.75) is 88.9 Å². The van der Waals surface area contributed by atoms with E-state index in [9.17, 15) is 13.0 Å². The number of benzene rings is 2. The molecule has 2 aromatic rings. The van der Waals surface area contributed by atoms with E-state index in [0.717, 1.165) is 17.2 Å². The molecule has 0 aromatic heterocycles. The first-order valence-electron chi connectivity index (χ1n) is 10.5. The van der Waals surface area contributed by atoms with Crippen LogP contribution >= 0.6 is 0 Å². The SMILES string of the molecule is CCCCCCCCCCCCCc1ccc2ccc(S(=O)(=O)O)cc2c1. The van der Waals surface area contributed by atoms with Crippen LogP contribution < -0.4 is 0 Å². The first-order chi connectivity index (χ1) is 13.0. The topological polar surface area (TPSA) is 54.4 Å². The molecule has 0 bridgehead atoms. The molecule has 0 fully saturated rings. The monoisotopic (exact) mass is 390 g/mol. The van der Waals surface area contributed by atoms with Gasteiger partial charge in [-0.15, -0.1) is 0 Å². The summed E-state index contributed by atoms with van der Waals surface area (Å²) in [6.45, 7) is 2.26. The molecule has 0 amide bonds. The van der Waals surface area contributed by atoms with Gasteiger partial charge >= 0.3 is 0 Å². The molecule has 0 radical (unpaired) electrons. The number of rotatable bonds is 13. The Balaban J connectivity index is 1.68. The Bertz CT molecular complexity index is 796. The van der Waals surface area contributed by atoms with Crippen molar-refractivity contribution in [3.8, 4) is 0 Å². The van der Waals surface area contributed by atoms with Crippen LogP contribution in [-0.2, 0) is 16.5 Å². The predicted octanol–water partition coefficient (Wildman–Crippen LogP) is 6.94. The molecule has 0 unspecified atom stereocenters. The quantitative estimate of drug-likeness (QED) is 0.298. The van der Waals surface area contributed by atoms with Crippen molar-refractivity contribution in [1.82, 2.24) is 0 Å². The minimum atomic E-state index is -4.15. The Morgan fingerprint density at radius 3 is 1.85 bits per heavy atom. The molecule has 0 atom stereocenters. The predicted molar refractivity (Wildman–Crippen MR) is 114 cm³/mol. The molecule has 0 aliphatic heterocycles. The first-order valence-corrected chi connectivity index (χ1v) is 11.9. The summed E-state index contributed by atoms with van der Waals surface area (Å²) in [5, 5.41) is 1.86. The molecule has 0 saturated heterocycles. The van der Waals surface area contributed by atoms with E-state index < -0.39 is 10.1 Å². The van der Waals surface area contributed by atoms with E-state index in [1.54, 1.807) is 12.1 Å². The molecule has 27 heavy (non-hydrogen) atoms. The van der Waals surface area contributed by atoms with Crippen molar-refractivity contribution in [3.05, 3.63) is 42.0 Å². The fraction of sp³-hybridized carbons (Fsp3) is 0.565. The fourth-order valence-electron chi connectivity index (χ4n) is 3.58. The van der Waals surface area contributed by atoms with E-state index >= 15 is 0 Å². The van der Waals surface area contributed by atoms with Gasteiger partial charge in [-0.05, 0) is 41.3 Å². The number of hydrogen-bond acceptors (Lipinski definition) is 2. The summed E-state index contributed by atoms with van der Waals surface area (Å²) in [6.07, 6.45) is 15.7. The van der Waals surface area contributed by atoms with Gasteiger partial charge in [0, 0.05) is 0 Å². The maximum atomic E-state index is 11.3. The summed E-state index contributed by atoms with van der Waals surface area (Å²) < 4.78 is 31.8. The van der Waals surface area contributed by atoms with Crippen LogP contribution in [0.4, 0.5) is 0 Å². The van der Waals surface area contributed by atoms with E-state index in [-0.39, 0.29) is 4.90 Å². The lowest BCUT2D eigenvalue weighted by Gasteiger charge is -2.06. The van der Waals surface area contributed by atoms with Crippen LogP contribution in [0.5, 0.6) is 0 Å². The smallest absolute Gasteiger partial charge is 0.282 e. The molecule has 2 aromatic carbocycles. The minimum absolute atomic E-state index is 0.0400. The highest BCUT2D eigenvalue weighted by atomic mass is 32.2. The molecular formula is C23H34O3S. The summed E-state index contributed by atoms with van der Waals surface area (Å²) in [6, 6.07) is 10.9. The van der Waals surface area contributed by atoms with Crippen LogP contribution in [-0.4, -0.2) is 13.0 Å². The third-order valence-electron chi connectivity index (χ3n) is 5.24. The molecular weight excluding hydrogens is 356 g/mol. The largest absolute Gasteiger partial charge is 0.294 e. The van der Waals surface area contributed by atoms with Crippen LogP contribution in [0.15, 0.2) is 41.3 Å². The van der Waals surface area contributed by atoms with Crippen molar-refractivity contribution in [2.24, 2.45) is 0 Å². The van der Waals surface area contributed by atoms with Gasteiger partial charge in [-0.2, -0.15) is 8.42 Å². The average Bonchev–Trinajstić information content (AvgIpc) is 2.64. The van der Waals surface area contributed by atoms with Crippen molar-refractivity contribution in [3.63, 3.8) is 0 Å². The molecule has 0 aliphatic carbocycles. The standard InChI is InChI=1S/C23H34O3S/c1-2-3-4-5-6-7-8-9-10-11-12-13-20-14-15-21-16-17-23(27(24,25)26)19-22(21)18-20/h14-19H,2-13H2,1H3,(H,24,25,26). The highest BCUT2D eigenvalue weighted by Crippen LogP contribution is 2.22.